The van der Waals surface area contributed by atoms with Gasteiger partial charge in [-0.3, -0.25) is 0 Å². The van der Waals surface area contributed by atoms with Crippen LogP contribution in [0.2, 0.25) is 0 Å². The van der Waals surface area contributed by atoms with Gasteiger partial charge < -0.3 is 9.47 Å². The average molecular weight is 212 g/mol. The van der Waals surface area contributed by atoms with Gasteiger partial charge in [0.2, 0.25) is 0 Å². The van der Waals surface area contributed by atoms with Gasteiger partial charge >= 0.3 is 0 Å². The summed E-state index contributed by atoms with van der Waals surface area (Å²) in [6, 6.07) is 0. The molecule has 0 aromatic carbocycles. The quantitative estimate of drug-likeness (QED) is 0.495. The maximum atomic E-state index is 5.70. The molecule has 0 bridgehead atoms. The molecule has 0 aromatic heterocycles. The lowest BCUT2D eigenvalue weighted by Crippen LogP contribution is -2.25. The van der Waals surface area contributed by atoms with E-state index in [1.807, 2.05) is 0 Å². The highest BCUT2D eigenvalue weighted by Gasteiger charge is 2.29. The third kappa shape index (κ3) is 4.25. The Morgan fingerprint density at radius 2 is 2.33 bits per heavy atom. The van der Waals surface area contributed by atoms with Crippen molar-refractivity contribution < 1.29 is 9.47 Å². The van der Waals surface area contributed by atoms with Gasteiger partial charge in [0.05, 0.1) is 19.5 Å². The molecule has 0 spiro atoms. The van der Waals surface area contributed by atoms with E-state index in [2.05, 4.69) is 13.5 Å². The molecule has 1 unspecified atom stereocenters. The van der Waals surface area contributed by atoms with Gasteiger partial charge in [-0.15, -0.1) is 0 Å². The zero-order valence-corrected chi connectivity index (χ0v) is 9.96. The van der Waals surface area contributed by atoms with Crippen LogP contribution in [0.5, 0.6) is 0 Å². The van der Waals surface area contributed by atoms with Gasteiger partial charge in [0, 0.05) is 6.61 Å². The smallest absolute Gasteiger partial charge is 0.0873 e. The Hall–Kier alpha value is -0.500. The standard InChI is InChI=1S/C13H24O2/c1-3-13(9-7-11-14-4-2)8-5-6-10-15-12-13/h4H,2-3,5-12H2,1H3. The minimum Gasteiger partial charge on any atom is -0.502 e. The average Bonchev–Trinajstić information content (AvgIpc) is 2.51. The Morgan fingerprint density at radius 3 is 3.07 bits per heavy atom. The van der Waals surface area contributed by atoms with Crippen LogP contribution in [0.1, 0.15) is 45.4 Å². The minimum atomic E-state index is 0.418. The predicted octanol–water partition coefficient (Wildman–Crippen LogP) is 3.52. The molecule has 0 aromatic rings. The third-order valence-electron chi connectivity index (χ3n) is 3.49. The molecule has 15 heavy (non-hydrogen) atoms. The Bertz CT molecular complexity index is 169. The van der Waals surface area contributed by atoms with E-state index < -0.39 is 0 Å². The first-order chi connectivity index (χ1) is 7.33. The maximum absolute atomic E-state index is 5.70. The highest BCUT2D eigenvalue weighted by Crippen LogP contribution is 2.36. The zero-order chi connectivity index (χ0) is 11.0. The van der Waals surface area contributed by atoms with Crippen molar-refractivity contribution in [2.24, 2.45) is 5.41 Å². The normalized spacial score (nSPS) is 27.0. The summed E-state index contributed by atoms with van der Waals surface area (Å²) < 4.78 is 10.9. The minimum absolute atomic E-state index is 0.418. The van der Waals surface area contributed by atoms with Crippen LogP contribution in [0.15, 0.2) is 12.8 Å². The highest BCUT2D eigenvalue weighted by atomic mass is 16.5. The molecular weight excluding hydrogens is 188 g/mol. The fraction of sp³-hybridized carbons (Fsp3) is 0.846. The lowest BCUT2D eigenvalue weighted by Gasteiger charge is -2.30. The summed E-state index contributed by atoms with van der Waals surface area (Å²) in [5.41, 5.74) is 0.418. The summed E-state index contributed by atoms with van der Waals surface area (Å²) in [6.07, 6.45) is 8.95. The van der Waals surface area contributed by atoms with E-state index in [0.29, 0.717) is 5.41 Å². The second kappa shape index (κ2) is 6.89. The van der Waals surface area contributed by atoms with Gasteiger partial charge in [-0.25, -0.2) is 0 Å². The van der Waals surface area contributed by atoms with E-state index in [9.17, 15) is 0 Å². The zero-order valence-electron chi connectivity index (χ0n) is 9.96. The van der Waals surface area contributed by atoms with E-state index >= 15 is 0 Å². The molecule has 0 saturated carbocycles. The topological polar surface area (TPSA) is 18.5 Å². The summed E-state index contributed by atoms with van der Waals surface area (Å²) in [5.74, 6) is 0. The van der Waals surface area contributed by atoms with E-state index in [4.69, 9.17) is 9.47 Å². The molecule has 88 valence electrons. The van der Waals surface area contributed by atoms with E-state index in [1.165, 1.54) is 38.4 Å². The number of rotatable bonds is 6. The van der Waals surface area contributed by atoms with E-state index in [1.54, 1.807) is 0 Å². The van der Waals surface area contributed by atoms with Crippen LogP contribution in [0.3, 0.4) is 0 Å². The first-order valence-corrected chi connectivity index (χ1v) is 6.13. The van der Waals surface area contributed by atoms with Crippen molar-refractivity contribution >= 4 is 0 Å². The van der Waals surface area contributed by atoms with Gasteiger partial charge in [-0.1, -0.05) is 19.9 Å². The molecule has 0 aliphatic carbocycles. The molecule has 1 saturated heterocycles. The summed E-state index contributed by atoms with van der Waals surface area (Å²) in [6.45, 7) is 8.52. The molecule has 1 aliphatic rings. The van der Waals surface area contributed by atoms with Crippen molar-refractivity contribution in [2.75, 3.05) is 19.8 Å². The van der Waals surface area contributed by atoms with Gasteiger partial charge in [-0.05, 0) is 37.5 Å². The maximum Gasteiger partial charge on any atom is 0.0873 e. The summed E-state index contributed by atoms with van der Waals surface area (Å²) in [7, 11) is 0. The number of hydrogen-bond donors (Lipinski definition) is 0. The van der Waals surface area contributed by atoms with Crippen molar-refractivity contribution in [3.05, 3.63) is 12.8 Å². The van der Waals surface area contributed by atoms with E-state index in [-0.39, 0.29) is 0 Å². The van der Waals surface area contributed by atoms with Crippen LogP contribution in [0.4, 0.5) is 0 Å². The van der Waals surface area contributed by atoms with E-state index in [0.717, 1.165) is 26.2 Å². The fourth-order valence-corrected chi connectivity index (χ4v) is 2.33. The van der Waals surface area contributed by atoms with Gasteiger partial charge in [0.1, 0.15) is 0 Å². The van der Waals surface area contributed by atoms with Crippen LogP contribution in [0, 0.1) is 5.41 Å². The van der Waals surface area contributed by atoms with Gasteiger partial charge in [-0.2, -0.15) is 0 Å². The SMILES string of the molecule is C=COCCCC1(CC)CCCCOC1. The molecule has 2 nitrogen and oxygen atoms in total. The first kappa shape index (κ1) is 12.6. The first-order valence-electron chi connectivity index (χ1n) is 6.13. The molecule has 1 atom stereocenters. The van der Waals surface area contributed by atoms with Gasteiger partial charge in [0.25, 0.3) is 0 Å². The highest BCUT2D eigenvalue weighted by molar-refractivity contribution is 4.79. The Kier molecular flexibility index (Phi) is 5.77. The fourth-order valence-electron chi connectivity index (χ4n) is 2.33. The molecule has 0 radical (unpaired) electrons. The summed E-state index contributed by atoms with van der Waals surface area (Å²) in [5, 5.41) is 0. The van der Waals surface area contributed by atoms with Crippen LogP contribution in [-0.4, -0.2) is 19.8 Å². The molecule has 1 aliphatic heterocycles. The Morgan fingerprint density at radius 1 is 1.47 bits per heavy atom. The Labute approximate surface area is 93.7 Å². The second-order valence-electron chi connectivity index (χ2n) is 4.50. The molecule has 1 heterocycles. The largest absolute Gasteiger partial charge is 0.502 e. The lowest BCUT2D eigenvalue weighted by atomic mass is 9.77. The second-order valence-corrected chi connectivity index (χ2v) is 4.50. The Balaban J connectivity index is 2.32. The summed E-state index contributed by atoms with van der Waals surface area (Å²) >= 11 is 0. The van der Waals surface area contributed by atoms with Gasteiger partial charge in [0.15, 0.2) is 0 Å². The van der Waals surface area contributed by atoms with Crippen molar-refractivity contribution in [1.82, 2.24) is 0 Å². The molecule has 2 heteroatoms. The molecule has 1 rings (SSSR count). The number of ether oxygens (including phenoxy) is 2. The number of hydrogen-bond acceptors (Lipinski definition) is 2. The van der Waals surface area contributed by atoms with Crippen LogP contribution in [-0.2, 0) is 9.47 Å². The third-order valence-corrected chi connectivity index (χ3v) is 3.49. The monoisotopic (exact) mass is 212 g/mol. The van der Waals surface area contributed by atoms with Crippen molar-refractivity contribution in [2.45, 2.75) is 45.4 Å². The van der Waals surface area contributed by atoms with Crippen LogP contribution < -0.4 is 0 Å². The predicted molar refractivity (Wildman–Crippen MR) is 62.8 cm³/mol. The van der Waals surface area contributed by atoms with Crippen molar-refractivity contribution in [3.8, 4) is 0 Å². The lowest BCUT2D eigenvalue weighted by molar-refractivity contribution is 0.0463. The molecule has 0 N–H and O–H groups in total. The summed E-state index contributed by atoms with van der Waals surface area (Å²) in [4.78, 5) is 0. The van der Waals surface area contributed by atoms with Crippen molar-refractivity contribution in [1.29, 1.82) is 0 Å². The van der Waals surface area contributed by atoms with Crippen molar-refractivity contribution in [3.63, 3.8) is 0 Å². The van der Waals surface area contributed by atoms with Crippen LogP contribution >= 0.6 is 0 Å². The molecular formula is C13H24O2. The van der Waals surface area contributed by atoms with Crippen LogP contribution in [0.25, 0.3) is 0 Å². The molecule has 0 amide bonds. The molecule has 1 fully saturated rings.